The zero-order chi connectivity index (χ0) is 42.1. The Balaban J connectivity index is 1.04. The third kappa shape index (κ3) is 3.95. The summed E-state index contributed by atoms with van der Waals surface area (Å²) in [6.07, 6.45) is 0. The van der Waals surface area contributed by atoms with Gasteiger partial charge < -0.3 is 14.4 Å². The summed E-state index contributed by atoms with van der Waals surface area (Å²) in [5, 5.41) is 2.67. The summed E-state index contributed by atoms with van der Waals surface area (Å²) in [5.74, 6) is 0. The van der Waals surface area contributed by atoms with Gasteiger partial charge in [0.2, 0.25) is 0 Å². The lowest BCUT2D eigenvalue weighted by Crippen LogP contribution is -2.38. The molecule has 4 aliphatic heterocycles. The van der Waals surface area contributed by atoms with Crippen molar-refractivity contribution in [3.8, 4) is 11.1 Å². The van der Waals surface area contributed by atoms with E-state index in [4.69, 9.17) is 0 Å². The van der Waals surface area contributed by atoms with Gasteiger partial charge in [0.25, 0.3) is 0 Å². The van der Waals surface area contributed by atoms with Crippen molar-refractivity contribution in [1.82, 2.24) is 4.57 Å². The van der Waals surface area contributed by atoms with E-state index in [2.05, 4.69) is 212 Å². The minimum Gasteiger partial charge on any atom is -0.344 e. The zero-order valence-electron chi connectivity index (χ0n) is 37.4. The van der Waals surface area contributed by atoms with Crippen molar-refractivity contribution in [1.29, 1.82) is 0 Å². The van der Waals surface area contributed by atoms with Crippen molar-refractivity contribution in [3.63, 3.8) is 0 Å². The van der Waals surface area contributed by atoms with Gasteiger partial charge in [-0.05, 0) is 115 Å². The predicted molar refractivity (Wildman–Crippen MR) is 256 cm³/mol. The van der Waals surface area contributed by atoms with Crippen LogP contribution in [0.1, 0.15) is 125 Å². The number of rotatable bonds is 0. The van der Waals surface area contributed by atoms with Crippen LogP contribution >= 0.6 is 0 Å². The summed E-state index contributed by atoms with van der Waals surface area (Å²) in [6, 6.07) is 47.6. The highest BCUT2D eigenvalue weighted by molar-refractivity contribution is 6.13. The van der Waals surface area contributed by atoms with E-state index in [9.17, 15) is 0 Å². The number of para-hydroxylation sites is 4. The highest BCUT2D eigenvalue weighted by Crippen LogP contribution is 2.64. The van der Waals surface area contributed by atoms with Crippen LogP contribution in [0.4, 0.5) is 34.1 Å². The standard InChI is InChI=1S/C58H53N3/c1-54(2)36-18-12-14-24-46(36)60-50-30-43-32(26-44(50)56(5,6)40-22-16-20-38(54)52(40)60)33-29-48-34(27-42(33)58(43,9)10)35-28-45-51(31-49(35)59(48)11)61-47-25-15-13-19-37(47)55(3,4)39-21-17-23-41(53(39)61)57(45,7)8/h12-31H,1-11H3. The average molecular weight is 792 g/mol. The Morgan fingerprint density at radius 1 is 0.311 bits per heavy atom. The number of anilines is 6. The maximum absolute atomic E-state index is 2.61. The van der Waals surface area contributed by atoms with Crippen LogP contribution in [0.15, 0.2) is 121 Å². The summed E-state index contributed by atoms with van der Waals surface area (Å²) in [7, 11) is 2.28. The first-order valence-electron chi connectivity index (χ1n) is 22.3. The summed E-state index contributed by atoms with van der Waals surface area (Å²) in [6.45, 7) is 24.3. The number of aryl methyl sites for hydroxylation is 1. The van der Waals surface area contributed by atoms with Crippen LogP contribution < -0.4 is 9.80 Å². The van der Waals surface area contributed by atoms with Gasteiger partial charge in [0, 0.05) is 50.4 Å². The van der Waals surface area contributed by atoms with Gasteiger partial charge in [-0.2, -0.15) is 0 Å². The van der Waals surface area contributed by atoms with E-state index < -0.39 is 0 Å². The lowest BCUT2D eigenvalue weighted by molar-refractivity contribution is 0.596. The number of hydrogen-bond donors (Lipinski definition) is 0. The topological polar surface area (TPSA) is 11.4 Å². The Kier molecular flexibility index (Phi) is 6.25. The number of aromatic nitrogens is 1. The lowest BCUT2D eigenvalue weighted by Gasteiger charge is -2.49. The van der Waals surface area contributed by atoms with Crippen LogP contribution in [0.2, 0.25) is 0 Å². The minimum absolute atomic E-state index is 0.100. The molecule has 7 aromatic carbocycles. The van der Waals surface area contributed by atoms with Crippen LogP contribution in [-0.4, -0.2) is 4.57 Å². The van der Waals surface area contributed by atoms with Gasteiger partial charge in [-0.1, -0.05) is 142 Å². The van der Waals surface area contributed by atoms with E-state index in [1.165, 1.54) is 123 Å². The Hall–Kier alpha value is -6.06. The monoisotopic (exact) mass is 791 g/mol. The van der Waals surface area contributed by atoms with Crippen LogP contribution in [0, 0.1) is 0 Å². The van der Waals surface area contributed by atoms with Crippen LogP contribution in [-0.2, 0) is 34.1 Å². The molecule has 8 aromatic rings. The largest absolute Gasteiger partial charge is 0.344 e. The van der Waals surface area contributed by atoms with Crippen LogP contribution in [0.25, 0.3) is 32.9 Å². The molecule has 0 spiro atoms. The Morgan fingerprint density at radius 2 is 0.672 bits per heavy atom. The van der Waals surface area contributed by atoms with Gasteiger partial charge in [0.1, 0.15) is 0 Å². The SMILES string of the molecule is Cn1c2cc3c(cc2c2cc4c(cc21)N1c2ccccc2C(C)(C)c2cccc(c21)C4(C)C)C(C)(C)c1cc2c(cc1-3)C(C)(C)c1cccc3c1N2c1ccccc1C3(C)C. The fourth-order valence-corrected chi connectivity index (χ4v) is 13.2. The van der Waals surface area contributed by atoms with Crippen molar-refractivity contribution in [2.45, 2.75) is 96.3 Å². The van der Waals surface area contributed by atoms with E-state index >= 15 is 0 Å². The fraction of sp³-hybridized carbons (Fsp3) is 0.276. The van der Waals surface area contributed by atoms with Crippen LogP contribution in [0.3, 0.4) is 0 Å². The lowest BCUT2D eigenvalue weighted by atomic mass is 9.66. The fourth-order valence-electron chi connectivity index (χ4n) is 13.2. The summed E-state index contributed by atoms with van der Waals surface area (Å²) >= 11 is 0. The van der Waals surface area contributed by atoms with Crippen molar-refractivity contribution in [2.75, 3.05) is 9.80 Å². The molecule has 5 aliphatic rings. The van der Waals surface area contributed by atoms with Gasteiger partial charge in [-0.3, -0.25) is 0 Å². The van der Waals surface area contributed by atoms with Gasteiger partial charge in [-0.25, -0.2) is 0 Å². The Bertz CT molecular complexity index is 3360. The molecule has 0 fully saturated rings. The van der Waals surface area contributed by atoms with Crippen molar-refractivity contribution >= 4 is 55.9 Å². The van der Waals surface area contributed by atoms with Gasteiger partial charge in [-0.15, -0.1) is 0 Å². The molecular formula is C58H53N3. The smallest absolute Gasteiger partial charge is 0.0543 e. The van der Waals surface area contributed by atoms with E-state index in [1.54, 1.807) is 0 Å². The normalized spacial score (nSPS) is 19.0. The quantitative estimate of drug-likeness (QED) is 0.152. The first-order chi connectivity index (χ1) is 29.0. The van der Waals surface area contributed by atoms with Crippen molar-refractivity contribution in [2.24, 2.45) is 7.05 Å². The van der Waals surface area contributed by atoms with Crippen molar-refractivity contribution < 1.29 is 0 Å². The molecule has 0 bridgehead atoms. The highest BCUT2D eigenvalue weighted by Gasteiger charge is 2.49. The summed E-state index contributed by atoms with van der Waals surface area (Å²) in [4.78, 5) is 5.21. The maximum atomic E-state index is 2.61. The number of nitrogens with zero attached hydrogens (tertiary/aromatic N) is 3. The highest BCUT2D eigenvalue weighted by atomic mass is 15.2. The van der Waals surface area contributed by atoms with Gasteiger partial charge in [0.15, 0.2) is 0 Å². The molecule has 0 atom stereocenters. The molecule has 3 heteroatoms. The summed E-state index contributed by atoms with van der Waals surface area (Å²) < 4.78 is 2.47. The molecule has 1 aromatic heterocycles. The first-order valence-corrected chi connectivity index (χ1v) is 22.3. The number of hydrogen-bond acceptors (Lipinski definition) is 2. The molecule has 0 amide bonds. The molecule has 0 unspecified atom stereocenters. The second-order valence-electron chi connectivity index (χ2n) is 21.5. The molecule has 5 heterocycles. The number of benzene rings is 7. The molecule has 0 N–H and O–H groups in total. The van der Waals surface area contributed by atoms with Crippen molar-refractivity contribution in [3.05, 3.63) is 177 Å². The third-order valence-corrected chi connectivity index (χ3v) is 16.7. The van der Waals surface area contributed by atoms with Gasteiger partial charge in [0.05, 0.1) is 39.6 Å². The van der Waals surface area contributed by atoms with Crippen LogP contribution in [0.5, 0.6) is 0 Å². The minimum atomic E-state index is -0.193. The molecule has 0 saturated carbocycles. The molecule has 300 valence electrons. The maximum Gasteiger partial charge on any atom is 0.0543 e. The Morgan fingerprint density at radius 3 is 1.20 bits per heavy atom. The third-order valence-electron chi connectivity index (χ3n) is 16.7. The molecular weight excluding hydrogens is 739 g/mol. The first kappa shape index (κ1) is 35.7. The van der Waals surface area contributed by atoms with Gasteiger partial charge >= 0.3 is 0 Å². The molecule has 13 rings (SSSR count). The molecule has 0 saturated heterocycles. The molecule has 3 nitrogen and oxygen atoms in total. The molecule has 0 radical (unpaired) electrons. The zero-order valence-corrected chi connectivity index (χ0v) is 37.4. The summed E-state index contributed by atoms with van der Waals surface area (Å²) in [5.41, 5.74) is 26.5. The van der Waals surface area contributed by atoms with E-state index in [-0.39, 0.29) is 27.1 Å². The number of fused-ring (bicyclic) bond motifs is 14. The Labute approximate surface area is 360 Å². The van der Waals surface area contributed by atoms with E-state index in [0.29, 0.717) is 0 Å². The molecule has 61 heavy (non-hydrogen) atoms. The second kappa shape index (κ2) is 10.7. The molecule has 1 aliphatic carbocycles. The second-order valence-corrected chi connectivity index (χ2v) is 21.5. The average Bonchev–Trinajstić information content (AvgIpc) is 3.63. The van der Waals surface area contributed by atoms with E-state index in [1.807, 2.05) is 0 Å². The van der Waals surface area contributed by atoms with E-state index in [0.717, 1.165) is 0 Å². The predicted octanol–water partition coefficient (Wildman–Crippen LogP) is 15.1.